The smallest absolute Gasteiger partial charge is 0.311 e. The lowest BCUT2D eigenvalue weighted by atomic mass is 9.96. The van der Waals surface area contributed by atoms with Crippen LogP contribution >= 0.6 is 0 Å². The molecule has 2 nitrogen and oxygen atoms in total. The van der Waals surface area contributed by atoms with Gasteiger partial charge in [0.1, 0.15) is 5.82 Å². The molecule has 0 amide bonds. The standard InChI is InChI=1S/C13H13FO2/c14-8-3-4-9-11(5-8)10(7-1-2-7)6-12(9)13(15)16/h3-5,7,10,12H,1-2,6H2,(H,15,16). The highest BCUT2D eigenvalue weighted by Gasteiger charge is 2.42. The maximum absolute atomic E-state index is 13.2. The predicted octanol–water partition coefficient (Wildman–Crippen LogP) is 2.89. The van der Waals surface area contributed by atoms with Crippen molar-refractivity contribution in [1.82, 2.24) is 0 Å². The summed E-state index contributed by atoms with van der Waals surface area (Å²) in [6, 6.07) is 4.54. The van der Waals surface area contributed by atoms with E-state index in [9.17, 15) is 9.18 Å². The van der Waals surface area contributed by atoms with Gasteiger partial charge in [0, 0.05) is 0 Å². The van der Waals surface area contributed by atoms with Gasteiger partial charge in [0.15, 0.2) is 0 Å². The molecule has 0 saturated heterocycles. The summed E-state index contributed by atoms with van der Waals surface area (Å²) in [4.78, 5) is 11.1. The molecule has 0 bridgehead atoms. The van der Waals surface area contributed by atoms with Crippen molar-refractivity contribution in [3.8, 4) is 0 Å². The Morgan fingerprint density at radius 1 is 1.31 bits per heavy atom. The molecular formula is C13H13FO2. The van der Waals surface area contributed by atoms with Crippen molar-refractivity contribution < 1.29 is 14.3 Å². The zero-order valence-corrected chi connectivity index (χ0v) is 8.82. The third-order valence-corrected chi connectivity index (χ3v) is 3.80. The third kappa shape index (κ3) is 1.42. The number of halogens is 1. The van der Waals surface area contributed by atoms with Crippen LogP contribution in [0, 0.1) is 11.7 Å². The van der Waals surface area contributed by atoms with E-state index in [4.69, 9.17) is 5.11 Å². The van der Waals surface area contributed by atoms with Crippen molar-refractivity contribution >= 4 is 5.97 Å². The average molecular weight is 220 g/mol. The van der Waals surface area contributed by atoms with Gasteiger partial charge in [-0.3, -0.25) is 4.79 Å². The molecule has 2 aliphatic rings. The normalized spacial score (nSPS) is 27.8. The monoisotopic (exact) mass is 220 g/mol. The van der Waals surface area contributed by atoms with Crippen molar-refractivity contribution in [3.63, 3.8) is 0 Å². The fraction of sp³-hybridized carbons (Fsp3) is 0.462. The second kappa shape index (κ2) is 3.30. The van der Waals surface area contributed by atoms with Gasteiger partial charge in [0.05, 0.1) is 5.92 Å². The van der Waals surface area contributed by atoms with Crippen LogP contribution in [0.1, 0.15) is 42.2 Å². The fourth-order valence-corrected chi connectivity index (χ4v) is 2.87. The largest absolute Gasteiger partial charge is 0.481 e. The van der Waals surface area contributed by atoms with Gasteiger partial charge in [-0.15, -0.1) is 0 Å². The van der Waals surface area contributed by atoms with E-state index in [1.165, 1.54) is 12.1 Å². The highest BCUT2D eigenvalue weighted by atomic mass is 19.1. The highest BCUT2D eigenvalue weighted by molar-refractivity contribution is 5.78. The number of carbonyl (C=O) groups is 1. The fourth-order valence-electron chi connectivity index (χ4n) is 2.87. The van der Waals surface area contributed by atoms with E-state index in [-0.39, 0.29) is 11.7 Å². The van der Waals surface area contributed by atoms with Crippen molar-refractivity contribution in [2.75, 3.05) is 0 Å². The van der Waals surface area contributed by atoms with Crippen LogP contribution < -0.4 is 0 Å². The van der Waals surface area contributed by atoms with Crippen molar-refractivity contribution in [2.24, 2.45) is 5.92 Å². The first-order chi connectivity index (χ1) is 7.66. The molecule has 1 N–H and O–H groups in total. The summed E-state index contributed by atoms with van der Waals surface area (Å²) in [5.74, 6) is -0.607. The molecule has 2 atom stereocenters. The Balaban J connectivity index is 2.05. The molecule has 2 unspecified atom stereocenters. The van der Waals surface area contributed by atoms with Crippen molar-refractivity contribution in [2.45, 2.75) is 31.1 Å². The van der Waals surface area contributed by atoms with E-state index in [1.807, 2.05) is 0 Å². The van der Waals surface area contributed by atoms with Crippen LogP contribution in [-0.4, -0.2) is 11.1 Å². The van der Waals surface area contributed by atoms with Crippen LogP contribution in [0.15, 0.2) is 18.2 Å². The number of carboxylic acid groups (broad SMARTS) is 1. The second-order valence-electron chi connectivity index (χ2n) is 4.84. The first kappa shape index (κ1) is 9.82. The van der Waals surface area contributed by atoms with Gasteiger partial charge in [-0.1, -0.05) is 6.07 Å². The molecule has 0 radical (unpaired) electrons. The zero-order valence-electron chi connectivity index (χ0n) is 8.82. The molecule has 0 spiro atoms. The SMILES string of the molecule is O=C(O)C1CC(C2CC2)c2cc(F)ccc21. The number of hydrogen-bond acceptors (Lipinski definition) is 1. The first-order valence-corrected chi connectivity index (χ1v) is 5.69. The van der Waals surface area contributed by atoms with Crippen LogP contribution in [0.3, 0.4) is 0 Å². The minimum atomic E-state index is -0.781. The van der Waals surface area contributed by atoms with Crippen LogP contribution in [-0.2, 0) is 4.79 Å². The van der Waals surface area contributed by atoms with Gasteiger partial charge >= 0.3 is 5.97 Å². The molecule has 3 rings (SSSR count). The number of rotatable bonds is 2. The minimum Gasteiger partial charge on any atom is -0.481 e. The molecule has 16 heavy (non-hydrogen) atoms. The highest BCUT2D eigenvalue weighted by Crippen LogP contribution is 2.53. The molecular weight excluding hydrogens is 207 g/mol. The predicted molar refractivity (Wildman–Crippen MR) is 56.9 cm³/mol. The van der Waals surface area contributed by atoms with Gasteiger partial charge in [-0.05, 0) is 54.4 Å². The lowest BCUT2D eigenvalue weighted by Gasteiger charge is -2.08. The topological polar surface area (TPSA) is 37.3 Å². The minimum absolute atomic E-state index is 0.254. The Kier molecular flexibility index (Phi) is 2.03. The van der Waals surface area contributed by atoms with Gasteiger partial charge in [-0.25, -0.2) is 4.39 Å². The molecule has 1 aromatic rings. The third-order valence-electron chi connectivity index (χ3n) is 3.80. The maximum Gasteiger partial charge on any atom is 0.311 e. The van der Waals surface area contributed by atoms with Crippen LogP contribution in [0.4, 0.5) is 4.39 Å². The number of benzene rings is 1. The van der Waals surface area contributed by atoms with E-state index < -0.39 is 11.9 Å². The van der Waals surface area contributed by atoms with E-state index >= 15 is 0 Å². The Labute approximate surface area is 93.1 Å². The summed E-state index contributed by atoms with van der Waals surface area (Å²) in [6.07, 6.45) is 2.97. The number of fused-ring (bicyclic) bond motifs is 1. The van der Waals surface area contributed by atoms with E-state index in [0.29, 0.717) is 12.3 Å². The van der Waals surface area contributed by atoms with Crippen LogP contribution in [0.25, 0.3) is 0 Å². The van der Waals surface area contributed by atoms with Crippen LogP contribution in [0.5, 0.6) is 0 Å². The summed E-state index contributed by atoms with van der Waals surface area (Å²) in [5.41, 5.74) is 1.76. The Morgan fingerprint density at radius 3 is 2.69 bits per heavy atom. The summed E-state index contributed by atoms with van der Waals surface area (Å²) in [7, 11) is 0. The van der Waals surface area contributed by atoms with Crippen molar-refractivity contribution in [1.29, 1.82) is 0 Å². The van der Waals surface area contributed by atoms with Gasteiger partial charge in [0.2, 0.25) is 0 Å². The Hall–Kier alpha value is -1.38. The van der Waals surface area contributed by atoms with E-state index in [2.05, 4.69) is 0 Å². The van der Waals surface area contributed by atoms with Gasteiger partial charge < -0.3 is 5.11 Å². The van der Waals surface area contributed by atoms with E-state index in [1.54, 1.807) is 6.07 Å². The lowest BCUT2D eigenvalue weighted by Crippen LogP contribution is -2.08. The van der Waals surface area contributed by atoms with Crippen molar-refractivity contribution in [3.05, 3.63) is 35.1 Å². The van der Waals surface area contributed by atoms with Crippen LogP contribution in [0.2, 0.25) is 0 Å². The van der Waals surface area contributed by atoms with Gasteiger partial charge in [-0.2, -0.15) is 0 Å². The Morgan fingerprint density at radius 2 is 2.06 bits per heavy atom. The molecule has 2 aliphatic carbocycles. The molecule has 0 heterocycles. The lowest BCUT2D eigenvalue weighted by molar-refractivity contribution is -0.138. The zero-order chi connectivity index (χ0) is 11.3. The molecule has 1 saturated carbocycles. The maximum atomic E-state index is 13.2. The summed E-state index contributed by atoms with van der Waals surface area (Å²) < 4.78 is 13.2. The van der Waals surface area contributed by atoms with Gasteiger partial charge in [0.25, 0.3) is 0 Å². The summed E-state index contributed by atoms with van der Waals surface area (Å²) in [6.45, 7) is 0. The number of hydrogen-bond donors (Lipinski definition) is 1. The quantitative estimate of drug-likeness (QED) is 0.832. The molecule has 84 valence electrons. The van der Waals surface area contributed by atoms with E-state index in [0.717, 1.165) is 24.0 Å². The number of carboxylic acids is 1. The molecule has 3 heteroatoms. The Bertz CT molecular complexity index is 451. The summed E-state index contributed by atoms with van der Waals surface area (Å²) >= 11 is 0. The number of aliphatic carboxylic acids is 1. The molecule has 0 aromatic heterocycles. The average Bonchev–Trinajstić information content (AvgIpc) is 3.00. The summed E-state index contributed by atoms with van der Waals surface area (Å²) in [5, 5.41) is 9.16. The molecule has 1 fully saturated rings. The molecule has 1 aromatic carbocycles. The molecule has 0 aliphatic heterocycles. The second-order valence-corrected chi connectivity index (χ2v) is 4.84. The first-order valence-electron chi connectivity index (χ1n) is 5.69.